The van der Waals surface area contributed by atoms with Crippen molar-refractivity contribution >= 4 is 23.4 Å². The van der Waals surface area contributed by atoms with Crippen LogP contribution >= 0.6 is 0 Å². The molecule has 0 bridgehead atoms. The summed E-state index contributed by atoms with van der Waals surface area (Å²) in [4.78, 5) is 30.1. The van der Waals surface area contributed by atoms with Crippen LogP contribution in [-0.4, -0.2) is 40.3 Å². The van der Waals surface area contributed by atoms with E-state index in [4.69, 9.17) is 27.9 Å². The van der Waals surface area contributed by atoms with Gasteiger partial charge in [-0.1, -0.05) is 123 Å². The van der Waals surface area contributed by atoms with Crippen molar-refractivity contribution in [3.05, 3.63) is 131 Å². The second-order valence-electron chi connectivity index (χ2n) is 19.2. The van der Waals surface area contributed by atoms with Gasteiger partial charge in [0.25, 0.3) is 5.91 Å². The predicted octanol–water partition coefficient (Wildman–Crippen LogP) is 10.5. The van der Waals surface area contributed by atoms with Crippen LogP contribution in [0.15, 0.2) is 103 Å². The summed E-state index contributed by atoms with van der Waals surface area (Å²) in [6, 6.07) is 31.5. The number of unbranched alkanes of at least 4 members (excludes halogenated alkanes) is 1. The molecule has 1 aliphatic rings. The third kappa shape index (κ3) is 23.1. The van der Waals surface area contributed by atoms with Crippen LogP contribution in [0.5, 0.6) is 5.75 Å². The Morgan fingerprint density at radius 2 is 1.23 bits per heavy atom. The van der Waals surface area contributed by atoms with Crippen LogP contribution in [0.2, 0.25) is 0 Å². The number of aromatic hydroxyl groups is 1. The van der Waals surface area contributed by atoms with Gasteiger partial charge in [0.15, 0.2) is 0 Å². The molecule has 0 radical (unpaired) electrons. The van der Waals surface area contributed by atoms with E-state index in [2.05, 4.69) is 121 Å². The molecule has 9 heteroatoms. The summed E-state index contributed by atoms with van der Waals surface area (Å²) in [6.45, 7) is 20.6. The second-order valence-corrected chi connectivity index (χ2v) is 19.2. The molecule has 0 spiro atoms. The Morgan fingerprint density at radius 3 is 1.69 bits per heavy atom. The zero-order valence-corrected chi connectivity index (χ0v) is 38.6. The first-order valence-corrected chi connectivity index (χ1v) is 21.4. The largest absolute Gasteiger partial charge is 0.508 e. The fourth-order valence-electron chi connectivity index (χ4n) is 6.37. The van der Waals surface area contributed by atoms with Crippen molar-refractivity contribution in [2.45, 2.75) is 120 Å². The van der Waals surface area contributed by atoms with Crippen molar-refractivity contribution < 1.29 is 19.5 Å². The Labute approximate surface area is 372 Å². The number of likely N-dealkylation sites (tertiary alicyclic amines) is 1. The molecule has 8 N–H and O–H groups in total. The molecule has 0 aliphatic carbocycles. The summed E-state index contributed by atoms with van der Waals surface area (Å²) in [6.07, 6.45) is 7.73. The maximum absolute atomic E-state index is 12.6. The van der Waals surface area contributed by atoms with Crippen molar-refractivity contribution in [2.24, 2.45) is 27.9 Å². The van der Waals surface area contributed by atoms with Gasteiger partial charge in [0.1, 0.15) is 11.8 Å². The first-order valence-electron chi connectivity index (χ1n) is 21.4. The molecule has 332 valence electrons. The van der Waals surface area contributed by atoms with Crippen molar-refractivity contribution in [2.75, 3.05) is 12.3 Å². The number of carbonyl (C=O) groups is 2. The maximum Gasteiger partial charge on any atom is 0.347 e. The number of hydrogen-bond donors (Lipinski definition) is 5. The number of nitrogens with two attached hydrogens (primary N) is 3. The summed E-state index contributed by atoms with van der Waals surface area (Å²) >= 11 is 0. The van der Waals surface area contributed by atoms with Crippen LogP contribution < -0.4 is 17.4 Å². The van der Waals surface area contributed by atoms with Crippen LogP contribution in [0.3, 0.4) is 0 Å². The van der Waals surface area contributed by atoms with Gasteiger partial charge in [0, 0.05) is 35.3 Å². The Kier molecular flexibility index (Phi) is 21.6. The molecule has 1 aliphatic heterocycles. The van der Waals surface area contributed by atoms with Gasteiger partial charge >= 0.3 is 5.97 Å². The summed E-state index contributed by atoms with van der Waals surface area (Å²) in [5.41, 5.74) is 17.5. The van der Waals surface area contributed by atoms with Gasteiger partial charge in [0.05, 0.1) is 5.84 Å². The topological polar surface area (TPSA) is 169 Å². The molecule has 4 aromatic rings. The first kappa shape index (κ1) is 52.1. The van der Waals surface area contributed by atoms with E-state index in [0.717, 1.165) is 43.2 Å². The third-order valence-electron chi connectivity index (χ3n) is 9.29. The number of anilines is 1. The van der Waals surface area contributed by atoms with Crippen LogP contribution in [0, 0.1) is 45.3 Å². The monoisotopic (exact) mass is 842 g/mol. The van der Waals surface area contributed by atoms with Gasteiger partial charge in [-0.15, -0.1) is 0 Å². The highest BCUT2D eigenvalue weighted by molar-refractivity contribution is 5.97. The molecule has 0 saturated carbocycles. The Hall–Kier alpha value is -6.03. The number of phenolic OH excluding ortho intramolecular Hbond substituents is 1. The number of rotatable bonds is 8. The predicted molar refractivity (Wildman–Crippen MR) is 256 cm³/mol. The minimum Gasteiger partial charge on any atom is -0.508 e. The van der Waals surface area contributed by atoms with Gasteiger partial charge in [-0.25, -0.2) is 4.79 Å². The van der Waals surface area contributed by atoms with Crippen LogP contribution in [0.25, 0.3) is 0 Å². The Balaban J connectivity index is 0.000000322. The minimum absolute atomic E-state index is 0.226. The number of nitrogens with zero attached hydrogens (tertiary/aromatic N) is 1. The number of benzene rings is 4. The van der Waals surface area contributed by atoms with Gasteiger partial charge < -0.3 is 26.3 Å². The normalized spacial score (nSPS) is 13.1. The molecule has 1 saturated heterocycles. The third-order valence-corrected chi connectivity index (χ3v) is 9.29. The second kappa shape index (κ2) is 25.7. The van der Waals surface area contributed by atoms with E-state index in [1.54, 1.807) is 48.5 Å². The number of hydrogen-bond acceptors (Lipinski definition) is 7. The standard InChI is InChI=1S/C22H19N3O3.C11H16O.C11H16.C9H20N2/c23-19-13-9-17(10-14-19)5-2-1-4-16-7-11-18(12-8-16)21(26)25-15-3-6-20(25)22(27)28-24;1-11(2,3)8-9-4-6-10(12)7-5-9;1-11(2,3)9-10-7-5-4-6-8-10;1-9(2,3)7-5-4-6-8(10)11/h7-14,20H,3,6,15,23-24H2;4-7,12H,8H2,1-3H3;4-8H,9H2,1-3H3;4-7H2,1-3H3,(H3,10,11). The van der Waals surface area contributed by atoms with Crippen molar-refractivity contribution in [1.29, 1.82) is 5.41 Å². The number of amidine groups is 1. The number of carbonyl (C=O) groups excluding carboxylic acids is 2. The van der Waals surface area contributed by atoms with Gasteiger partial charge in [0.2, 0.25) is 0 Å². The zero-order valence-electron chi connectivity index (χ0n) is 38.6. The molecule has 9 nitrogen and oxygen atoms in total. The number of amides is 1. The SMILES string of the molecule is CC(C)(C)CCCCC(=N)N.CC(C)(C)Cc1ccc(O)cc1.CC(C)(C)Cc1ccccc1.NOC(=O)C1CCCN1C(=O)c1ccc(C#CC#Cc2ccc(N)cc2)cc1. The average molecular weight is 842 g/mol. The molecule has 0 aromatic heterocycles. The first-order chi connectivity index (χ1) is 29.0. The van der Waals surface area contributed by atoms with Gasteiger partial charge in [-0.3, -0.25) is 10.2 Å². The molecule has 4 aromatic carbocycles. The van der Waals surface area contributed by atoms with Crippen LogP contribution in [0.1, 0.15) is 133 Å². The van der Waals surface area contributed by atoms with Crippen LogP contribution in [0.4, 0.5) is 5.69 Å². The summed E-state index contributed by atoms with van der Waals surface area (Å²) in [5, 5.41) is 16.1. The molecule has 1 fully saturated rings. The summed E-state index contributed by atoms with van der Waals surface area (Å²) in [7, 11) is 0. The number of nitrogen functional groups attached to an aromatic ring is 1. The molecule has 1 unspecified atom stereocenters. The van der Waals surface area contributed by atoms with Crippen molar-refractivity contribution in [3.8, 4) is 29.4 Å². The van der Waals surface area contributed by atoms with Crippen molar-refractivity contribution in [3.63, 3.8) is 0 Å². The van der Waals surface area contributed by atoms with Gasteiger partial charge in [-0.05, 0) is 138 Å². The highest BCUT2D eigenvalue weighted by Crippen LogP contribution is 2.24. The smallest absolute Gasteiger partial charge is 0.347 e. The Morgan fingerprint density at radius 1 is 0.726 bits per heavy atom. The number of nitrogens with one attached hydrogen (secondary N) is 1. The fraction of sp³-hybridized carbons (Fsp3) is 0.415. The summed E-state index contributed by atoms with van der Waals surface area (Å²) < 4.78 is 0. The molecular weight excluding hydrogens is 771 g/mol. The van der Waals surface area contributed by atoms with E-state index >= 15 is 0 Å². The zero-order chi connectivity index (χ0) is 46.3. The molecule has 5 rings (SSSR count). The fourth-order valence-corrected chi connectivity index (χ4v) is 6.37. The minimum atomic E-state index is -0.624. The number of phenols is 1. The molecule has 1 atom stereocenters. The van der Waals surface area contributed by atoms with E-state index in [1.807, 2.05) is 24.3 Å². The van der Waals surface area contributed by atoms with E-state index in [9.17, 15) is 9.59 Å². The molecular formula is C53H71N5O4. The van der Waals surface area contributed by atoms with Gasteiger partial charge in [-0.2, -0.15) is 5.90 Å². The lowest BCUT2D eigenvalue weighted by Gasteiger charge is -2.22. The van der Waals surface area contributed by atoms with E-state index in [0.29, 0.717) is 52.0 Å². The van der Waals surface area contributed by atoms with E-state index in [1.165, 1.54) is 28.9 Å². The lowest BCUT2D eigenvalue weighted by Crippen LogP contribution is -2.42. The highest BCUT2D eigenvalue weighted by Gasteiger charge is 2.35. The van der Waals surface area contributed by atoms with Crippen molar-refractivity contribution in [1.82, 2.24) is 4.90 Å². The molecule has 62 heavy (non-hydrogen) atoms. The molecule has 1 amide bonds. The average Bonchev–Trinajstić information content (AvgIpc) is 3.69. The van der Waals surface area contributed by atoms with E-state index in [-0.39, 0.29) is 5.91 Å². The van der Waals surface area contributed by atoms with Crippen LogP contribution in [-0.2, 0) is 22.5 Å². The van der Waals surface area contributed by atoms with E-state index < -0.39 is 12.0 Å². The summed E-state index contributed by atoms with van der Waals surface area (Å²) in [5.74, 6) is 16.2. The lowest BCUT2D eigenvalue weighted by atomic mass is 9.88. The Bertz CT molecular complexity index is 2090. The quantitative estimate of drug-likeness (QED) is 0.0294. The molecule has 1 heterocycles. The lowest BCUT2D eigenvalue weighted by molar-refractivity contribution is -0.148. The highest BCUT2D eigenvalue weighted by atomic mass is 16.7. The maximum atomic E-state index is 12.6.